The molecule has 0 amide bonds. The summed E-state index contributed by atoms with van der Waals surface area (Å²) >= 11 is 0. The molecule has 0 atom stereocenters. The molecule has 1 aliphatic heterocycles. The second-order valence-electron chi connectivity index (χ2n) is 7.38. The van der Waals surface area contributed by atoms with Crippen LogP contribution >= 0.6 is 0 Å². The molecule has 2 N–H and O–H groups in total. The van der Waals surface area contributed by atoms with Crippen molar-refractivity contribution in [1.82, 2.24) is 4.90 Å². The Morgan fingerprint density at radius 2 is 1.35 bits per heavy atom. The first-order chi connectivity index (χ1) is 12.8. The van der Waals surface area contributed by atoms with Gasteiger partial charge in [0.1, 0.15) is 0 Å². The highest BCUT2D eigenvalue weighted by Gasteiger charge is 1.98. The first kappa shape index (κ1) is 25.2. The molecule has 0 bridgehead atoms. The van der Waals surface area contributed by atoms with Gasteiger partial charge < -0.3 is 10.6 Å². The van der Waals surface area contributed by atoms with Gasteiger partial charge in [0.15, 0.2) is 0 Å². The average molecular weight is 366 g/mol. The topological polar surface area (TPSA) is 41.6 Å². The van der Waals surface area contributed by atoms with Crippen molar-refractivity contribution in [3.8, 4) is 0 Å². The molecular formula is C23H47N3. The van der Waals surface area contributed by atoms with E-state index in [1.807, 2.05) is 6.34 Å². The largest absolute Gasteiger partial charge is 0.361 e. The Balaban J connectivity index is 0.000000735. The highest BCUT2D eigenvalue weighted by molar-refractivity contribution is 5.56. The van der Waals surface area contributed by atoms with E-state index < -0.39 is 0 Å². The Bertz CT molecular complexity index is 313. The number of rotatable bonds is 16. The summed E-state index contributed by atoms with van der Waals surface area (Å²) in [5, 5.41) is 0. The van der Waals surface area contributed by atoms with E-state index in [-0.39, 0.29) is 0 Å². The van der Waals surface area contributed by atoms with Crippen LogP contribution in [0, 0.1) is 0 Å². The van der Waals surface area contributed by atoms with Gasteiger partial charge in [0.05, 0.1) is 12.9 Å². The fourth-order valence-electron chi connectivity index (χ4n) is 3.05. The smallest absolute Gasteiger partial charge is 0.0851 e. The van der Waals surface area contributed by atoms with Crippen molar-refractivity contribution < 1.29 is 0 Å². The molecule has 1 aliphatic rings. The number of aliphatic imine (C=N–C) groups is 1. The van der Waals surface area contributed by atoms with Crippen molar-refractivity contribution in [2.24, 2.45) is 10.7 Å². The second-order valence-corrected chi connectivity index (χ2v) is 7.38. The van der Waals surface area contributed by atoms with Gasteiger partial charge in [-0.05, 0) is 45.6 Å². The molecule has 1 heterocycles. The average Bonchev–Trinajstić information content (AvgIpc) is 3.19. The van der Waals surface area contributed by atoms with Crippen molar-refractivity contribution in [1.29, 1.82) is 0 Å². The number of nitrogens with zero attached hydrogens (tertiary/aromatic N) is 2. The van der Waals surface area contributed by atoms with E-state index in [1.54, 1.807) is 0 Å². The highest BCUT2D eigenvalue weighted by Crippen LogP contribution is 2.09. The summed E-state index contributed by atoms with van der Waals surface area (Å²) in [4.78, 5) is 6.23. The van der Waals surface area contributed by atoms with Gasteiger partial charge in [-0.3, -0.25) is 4.99 Å². The molecule has 0 aromatic rings. The van der Waals surface area contributed by atoms with Crippen LogP contribution in [0.5, 0.6) is 0 Å². The third kappa shape index (κ3) is 19.5. The predicted octanol–water partition coefficient (Wildman–Crippen LogP) is 6.33. The molecule has 0 spiro atoms. The van der Waals surface area contributed by atoms with Gasteiger partial charge >= 0.3 is 0 Å². The summed E-state index contributed by atoms with van der Waals surface area (Å²) < 4.78 is 0. The zero-order chi connectivity index (χ0) is 19.1. The molecule has 0 unspecified atom stereocenters. The van der Waals surface area contributed by atoms with E-state index in [9.17, 15) is 0 Å². The SMILES string of the molecule is CCCCCCCC/C=C\CCCCCCCCN.CCN1C=NCC1. The van der Waals surface area contributed by atoms with Crippen LogP contribution in [0.25, 0.3) is 0 Å². The van der Waals surface area contributed by atoms with E-state index in [0.717, 1.165) is 26.2 Å². The number of allylic oxidation sites excluding steroid dienone is 2. The van der Waals surface area contributed by atoms with Crippen molar-refractivity contribution in [2.75, 3.05) is 26.2 Å². The molecule has 0 aromatic heterocycles. The van der Waals surface area contributed by atoms with E-state index in [1.165, 1.54) is 89.9 Å². The lowest BCUT2D eigenvalue weighted by Crippen LogP contribution is -2.18. The van der Waals surface area contributed by atoms with Crippen LogP contribution in [0.1, 0.15) is 104 Å². The van der Waals surface area contributed by atoms with Gasteiger partial charge in [-0.25, -0.2) is 0 Å². The van der Waals surface area contributed by atoms with E-state index in [4.69, 9.17) is 5.73 Å². The molecular weight excluding hydrogens is 318 g/mol. The lowest BCUT2D eigenvalue weighted by atomic mass is 10.1. The molecule has 0 fully saturated rings. The molecule has 0 saturated carbocycles. The maximum absolute atomic E-state index is 5.47. The molecule has 0 radical (unpaired) electrons. The minimum atomic E-state index is 0.862. The predicted molar refractivity (Wildman–Crippen MR) is 119 cm³/mol. The normalized spacial score (nSPS) is 13.4. The first-order valence-corrected chi connectivity index (χ1v) is 11.4. The number of likely N-dealkylation sites (N-methyl/N-ethyl adjacent to an activating group) is 1. The van der Waals surface area contributed by atoms with Crippen LogP contribution in [-0.2, 0) is 0 Å². The zero-order valence-corrected chi connectivity index (χ0v) is 17.9. The zero-order valence-electron chi connectivity index (χ0n) is 17.9. The van der Waals surface area contributed by atoms with Gasteiger partial charge in [0.25, 0.3) is 0 Å². The summed E-state index contributed by atoms with van der Waals surface area (Å²) in [5.74, 6) is 0. The molecule has 0 aliphatic carbocycles. The van der Waals surface area contributed by atoms with Crippen molar-refractivity contribution >= 4 is 6.34 Å². The molecule has 154 valence electrons. The van der Waals surface area contributed by atoms with E-state index >= 15 is 0 Å². The number of unbranched alkanes of at least 4 members (excludes halogenated alkanes) is 12. The molecule has 0 aromatic carbocycles. The first-order valence-electron chi connectivity index (χ1n) is 11.4. The van der Waals surface area contributed by atoms with Gasteiger partial charge in [-0.1, -0.05) is 76.9 Å². The van der Waals surface area contributed by atoms with Crippen LogP contribution in [0.15, 0.2) is 17.1 Å². The monoisotopic (exact) mass is 365 g/mol. The van der Waals surface area contributed by atoms with E-state index in [0.29, 0.717) is 0 Å². The van der Waals surface area contributed by atoms with Crippen molar-refractivity contribution in [3.05, 3.63) is 12.2 Å². The van der Waals surface area contributed by atoms with Gasteiger partial charge in [-0.15, -0.1) is 0 Å². The maximum Gasteiger partial charge on any atom is 0.0851 e. The Morgan fingerprint density at radius 3 is 1.77 bits per heavy atom. The van der Waals surface area contributed by atoms with Crippen LogP contribution in [-0.4, -0.2) is 37.4 Å². The molecule has 3 heteroatoms. The summed E-state index contributed by atoms with van der Waals surface area (Å²) in [7, 11) is 0. The number of hydrogen-bond donors (Lipinski definition) is 1. The lowest BCUT2D eigenvalue weighted by Gasteiger charge is -2.07. The van der Waals surface area contributed by atoms with Crippen LogP contribution < -0.4 is 5.73 Å². The van der Waals surface area contributed by atoms with Crippen LogP contribution in [0.3, 0.4) is 0 Å². The van der Waals surface area contributed by atoms with Gasteiger partial charge in [0.2, 0.25) is 0 Å². The van der Waals surface area contributed by atoms with Crippen LogP contribution in [0.2, 0.25) is 0 Å². The minimum absolute atomic E-state index is 0.862. The summed E-state index contributed by atoms with van der Waals surface area (Å²) in [6, 6.07) is 0. The molecule has 0 saturated heterocycles. The van der Waals surface area contributed by atoms with Crippen LogP contribution in [0.4, 0.5) is 0 Å². The second kappa shape index (κ2) is 22.2. The number of hydrogen-bond acceptors (Lipinski definition) is 3. The maximum atomic E-state index is 5.47. The fraction of sp³-hybridized carbons (Fsp3) is 0.870. The standard InChI is InChI=1S/C18H37N.C5H10N2/c1-2-3-4-5-6-7-8-9-10-11-12-13-14-15-16-17-18-19;1-2-7-4-3-6-5-7/h9-10H,2-8,11-19H2,1H3;5H,2-4H2,1H3/b10-9-;. The Morgan fingerprint density at radius 1 is 0.808 bits per heavy atom. The highest BCUT2D eigenvalue weighted by atomic mass is 15.2. The Kier molecular flexibility index (Phi) is 21.5. The lowest BCUT2D eigenvalue weighted by molar-refractivity contribution is 0.494. The third-order valence-corrected chi connectivity index (χ3v) is 4.88. The quantitative estimate of drug-likeness (QED) is 0.256. The Labute approximate surface area is 164 Å². The Hall–Kier alpha value is -0.830. The fourth-order valence-corrected chi connectivity index (χ4v) is 3.05. The molecule has 1 rings (SSSR count). The molecule has 26 heavy (non-hydrogen) atoms. The van der Waals surface area contributed by atoms with Gasteiger partial charge in [0, 0.05) is 13.1 Å². The van der Waals surface area contributed by atoms with Gasteiger partial charge in [-0.2, -0.15) is 0 Å². The third-order valence-electron chi connectivity index (χ3n) is 4.88. The van der Waals surface area contributed by atoms with Crippen molar-refractivity contribution in [2.45, 2.75) is 104 Å². The number of nitrogens with two attached hydrogens (primary N) is 1. The summed E-state index contributed by atoms with van der Waals surface area (Å²) in [6.45, 7) is 8.49. The van der Waals surface area contributed by atoms with Crippen molar-refractivity contribution in [3.63, 3.8) is 0 Å². The summed E-state index contributed by atoms with van der Waals surface area (Å²) in [6.07, 6.45) is 25.8. The summed E-state index contributed by atoms with van der Waals surface area (Å²) in [5.41, 5.74) is 5.47. The molecule has 3 nitrogen and oxygen atoms in total. The minimum Gasteiger partial charge on any atom is -0.361 e. The van der Waals surface area contributed by atoms with E-state index in [2.05, 4.69) is 35.9 Å².